The molecule has 0 spiro atoms. The van der Waals surface area contributed by atoms with E-state index in [4.69, 9.17) is 0 Å². The molecule has 0 fully saturated rings. The van der Waals surface area contributed by atoms with Crippen molar-refractivity contribution >= 4 is 22.8 Å². The second-order valence-corrected chi connectivity index (χ2v) is 5.67. The van der Waals surface area contributed by atoms with E-state index in [1.54, 1.807) is 24.5 Å². The number of nitrogens with zero attached hydrogens (tertiary/aromatic N) is 2. The van der Waals surface area contributed by atoms with E-state index < -0.39 is 11.7 Å². The third-order valence-corrected chi connectivity index (χ3v) is 4.11. The molecule has 3 aromatic rings. The monoisotopic (exact) mass is 336 g/mol. The van der Waals surface area contributed by atoms with E-state index in [0.29, 0.717) is 15.9 Å². The van der Waals surface area contributed by atoms with Crippen molar-refractivity contribution in [3.05, 3.63) is 64.6 Å². The number of aromatic nitrogens is 2. The molecule has 0 atom stereocenters. The fourth-order valence-corrected chi connectivity index (χ4v) is 2.84. The summed E-state index contributed by atoms with van der Waals surface area (Å²) < 4.78 is 40.0. The van der Waals surface area contributed by atoms with Crippen LogP contribution in [0.5, 0.6) is 0 Å². The van der Waals surface area contributed by atoms with Gasteiger partial charge in [-0.2, -0.15) is 13.2 Å². The number of benzene rings is 1. The summed E-state index contributed by atoms with van der Waals surface area (Å²) in [6, 6.07) is 9.86. The number of thioether (sulfide) groups is 1. The molecule has 0 saturated carbocycles. The van der Waals surface area contributed by atoms with E-state index >= 15 is 0 Å². The number of alkyl halides is 3. The molecule has 23 heavy (non-hydrogen) atoms. The molecular formula is C16H11F3N2OS. The standard InChI is InChI=1S/C16H11F3N2OS/c1-23-13-8-10-4-3-7-20-14(10)21(15(13)22)12-6-2-5-11(9-12)16(17,18)19/h2-9H,1H3. The summed E-state index contributed by atoms with van der Waals surface area (Å²) in [5.41, 5.74) is -0.720. The van der Waals surface area contributed by atoms with Crippen molar-refractivity contribution in [3.63, 3.8) is 0 Å². The van der Waals surface area contributed by atoms with E-state index in [0.717, 1.165) is 12.1 Å². The number of fused-ring (bicyclic) bond motifs is 1. The van der Waals surface area contributed by atoms with Crippen LogP contribution in [0.3, 0.4) is 0 Å². The molecule has 3 nitrogen and oxygen atoms in total. The van der Waals surface area contributed by atoms with Gasteiger partial charge < -0.3 is 0 Å². The molecule has 118 valence electrons. The molecular weight excluding hydrogens is 325 g/mol. The van der Waals surface area contributed by atoms with Crippen molar-refractivity contribution in [2.45, 2.75) is 11.1 Å². The summed E-state index contributed by atoms with van der Waals surface area (Å²) in [5, 5.41) is 0.689. The van der Waals surface area contributed by atoms with Crippen molar-refractivity contribution < 1.29 is 13.2 Å². The predicted octanol–water partition coefficient (Wildman–Crippen LogP) is 4.13. The van der Waals surface area contributed by atoms with E-state index in [9.17, 15) is 18.0 Å². The fourth-order valence-electron chi connectivity index (χ4n) is 2.33. The largest absolute Gasteiger partial charge is 0.416 e. The minimum atomic E-state index is -4.47. The normalized spacial score (nSPS) is 11.8. The van der Waals surface area contributed by atoms with Crippen LogP contribution in [-0.2, 0) is 6.18 Å². The quantitative estimate of drug-likeness (QED) is 0.660. The molecule has 2 heterocycles. The third kappa shape index (κ3) is 2.84. The molecule has 0 unspecified atom stereocenters. The van der Waals surface area contributed by atoms with Gasteiger partial charge in [0.2, 0.25) is 0 Å². The molecule has 3 rings (SSSR count). The average molecular weight is 336 g/mol. The minimum absolute atomic E-state index is 0.143. The number of pyridine rings is 2. The molecule has 0 saturated heterocycles. The SMILES string of the molecule is CSc1cc2cccnc2n(-c2cccc(C(F)(F)F)c2)c1=O. The highest BCUT2D eigenvalue weighted by Gasteiger charge is 2.30. The zero-order valence-electron chi connectivity index (χ0n) is 12.0. The first kappa shape index (κ1) is 15.6. The Bertz CT molecular complexity index is 934. The van der Waals surface area contributed by atoms with Crippen LogP contribution in [0.2, 0.25) is 0 Å². The van der Waals surface area contributed by atoms with Crippen LogP contribution < -0.4 is 5.56 Å². The molecule has 7 heteroatoms. The molecule has 0 amide bonds. The Balaban J connectivity index is 2.36. The lowest BCUT2D eigenvalue weighted by atomic mass is 10.2. The maximum Gasteiger partial charge on any atom is 0.416 e. The van der Waals surface area contributed by atoms with Gasteiger partial charge in [-0.05, 0) is 42.7 Å². The van der Waals surface area contributed by atoms with Crippen LogP contribution in [0, 0.1) is 0 Å². The highest BCUT2D eigenvalue weighted by atomic mass is 32.2. The predicted molar refractivity (Wildman–Crippen MR) is 84.1 cm³/mol. The second kappa shape index (κ2) is 5.73. The Hall–Kier alpha value is -2.28. The zero-order chi connectivity index (χ0) is 16.6. The first-order valence-electron chi connectivity index (χ1n) is 6.64. The first-order chi connectivity index (χ1) is 10.9. The van der Waals surface area contributed by atoms with Crippen LogP contribution in [-0.4, -0.2) is 15.8 Å². The summed E-state index contributed by atoms with van der Waals surface area (Å²) in [4.78, 5) is 17.2. The molecule has 1 aromatic carbocycles. The topological polar surface area (TPSA) is 34.9 Å². The van der Waals surface area contributed by atoms with E-state index in [2.05, 4.69) is 4.98 Å². The maximum absolute atomic E-state index is 12.9. The summed E-state index contributed by atoms with van der Waals surface area (Å²) in [5.74, 6) is 0. The number of hydrogen-bond donors (Lipinski definition) is 0. The van der Waals surface area contributed by atoms with E-state index in [1.807, 2.05) is 0 Å². The Labute approximate surface area is 133 Å². The third-order valence-electron chi connectivity index (χ3n) is 3.38. The van der Waals surface area contributed by atoms with Crippen LogP contribution in [0.1, 0.15) is 5.56 Å². The Morgan fingerprint density at radius 2 is 1.91 bits per heavy atom. The Morgan fingerprint density at radius 3 is 2.61 bits per heavy atom. The highest BCUT2D eigenvalue weighted by molar-refractivity contribution is 7.98. The molecule has 0 radical (unpaired) electrons. The molecule has 0 aliphatic heterocycles. The van der Waals surface area contributed by atoms with Gasteiger partial charge in [-0.3, -0.25) is 9.36 Å². The molecule has 0 aliphatic carbocycles. The van der Waals surface area contributed by atoms with Gasteiger partial charge in [-0.15, -0.1) is 11.8 Å². The first-order valence-corrected chi connectivity index (χ1v) is 7.86. The van der Waals surface area contributed by atoms with Gasteiger partial charge in [0.15, 0.2) is 0 Å². The van der Waals surface area contributed by atoms with E-state index in [-0.39, 0.29) is 11.2 Å². The molecule has 2 aromatic heterocycles. The summed E-state index contributed by atoms with van der Waals surface area (Å²) in [6.07, 6.45) is -1.22. The smallest absolute Gasteiger partial charge is 0.268 e. The van der Waals surface area contributed by atoms with Crippen molar-refractivity contribution in [1.29, 1.82) is 0 Å². The molecule has 0 aliphatic rings. The van der Waals surface area contributed by atoms with Gasteiger partial charge in [0, 0.05) is 11.6 Å². The van der Waals surface area contributed by atoms with Crippen molar-refractivity contribution in [1.82, 2.24) is 9.55 Å². The van der Waals surface area contributed by atoms with Crippen LogP contribution in [0.4, 0.5) is 13.2 Å². The van der Waals surface area contributed by atoms with Crippen LogP contribution in [0.15, 0.2) is 58.4 Å². The number of halogens is 3. The van der Waals surface area contributed by atoms with Crippen LogP contribution >= 0.6 is 11.8 Å². The van der Waals surface area contributed by atoms with E-state index in [1.165, 1.54) is 34.7 Å². The van der Waals surface area contributed by atoms with Gasteiger partial charge in [-0.1, -0.05) is 6.07 Å². The van der Waals surface area contributed by atoms with Gasteiger partial charge >= 0.3 is 6.18 Å². The lowest BCUT2D eigenvalue weighted by Crippen LogP contribution is -2.21. The van der Waals surface area contributed by atoms with Crippen molar-refractivity contribution in [2.24, 2.45) is 0 Å². The maximum atomic E-state index is 12.9. The zero-order valence-corrected chi connectivity index (χ0v) is 12.8. The Morgan fingerprint density at radius 1 is 1.13 bits per heavy atom. The van der Waals surface area contributed by atoms with Crippen molar-refractivity contribution in [3.8, 4) is 5.69 Å². The second-order valence-electron chi connectivity index (χ2n) is 4.82. The van der Waals surface area contributed by atoms with Gasteiger partial charge in [0.25, 0.3) is 5.56 Å². The lowest BCUT2D eigenvalue weighted by molar-refractivity contribution is -0.137. The van der Waals surface area contributed by atoms with Gasteiger partial charge in [-0.25, -0.2) is 4.98 Å². The number of rotatable bonds is 2. The number of hydrogen-bond acceptors (Lipinski definition) is 3. The minimum Gasteiger partial charge on any atom is -0.268 e. The Kier molecular flexibility index (Phi) is 3.89. The van der Waals surface area contributed by atoms with Crippen LogP contribution in [0.25, 0.3) is 16.7 Å². The summed E-state index contributed by atoms with van der Waals surface area (Å²) in [6.45, 7) is 0. The fraction of sp³-hybridized carbons (Fsp3) is 0.125. The van der Waals surface area contributed by atoms with Gasteiger partial charge in [0.1, 0.15) is 5.65 Å². The molecule has 0 bridgehead atoms. The highest BCUT2D eigenvalue weighted by Crippen LogP contribution is 2.30. The summed E-state index contributed by atoms with van der Waals surface area (Å²) in [7, 11) is 0. The van der Waals surface area contributed by atoms with Crippen molar-refractivity contribution in [2.75, 3.05) is 6.26 Å². The summed E-state index contributed by atoms with van der Waals surface area (Å²) >= 11 is 1.25. The molecule has 0 N–H and O–H groups in total. The average Bonchev–Trinajstić information content (AvgIpc) is 2.53. The van der Waals surface area contributed by atoms with Gasteiger partial charge in [0.05, 0.1) is 16.1 Å². The lowest BCUT2D eigenvalue weighted by Gasteiger charge is -2.13.